The fourth-order valence-electron chi connectivity index (χ4n) is 0.965. The summed E-state index contributed by atoms with van der Waals surface area (Å²) in [5.74, 6) is -0.0371. The van der Waals surface area contributed by atoms with Gasteiger partial charge in [-0.1, -0.05) is 45.7 Å². The topological polar surface area (TPSA) is 29.1 Å². The monoisotopic (exact) mass is 275 g/mol. The van der Waals surface area contributed by atoms with Crippen molar-refractivity contribution in [2.75, 3.05) is 0 Å². The van der Waals surface area contributed by atoms with Crippen molar-refractivity contribution >= 4 is 33.4 Å². The molecule has 0 aromatic heterocycles. The smallest absolute Gasteiger partial charge is 0.233 e. The molecule has 0 aliphatic rings. The maximum Gasteiger partial charge on any atom is 0.233 e. The zero-order valence-electron chi connectivity index (χ0n) is 7.76. The van der Waals surface area contributed by atoms with Crippen molar-refractivity contribution < 1.29 is 4.79 Å². The molecule has 1 amide bonds. The highest BCUT2D eigenvalue weighted by Gasteiger charge is 2.08. The number of alkyl halides is 1. The minimum atomic E-state index is -0.176. The molecule has 0 saturated heterocycles. The molecule has 0 fully saturated rings. The van der Waals surface area contributed by atoms with E-state index in [0.717, 1.165) is 5.56 Å². The molecule has 0 bridgehead atoms. The molecule has 76 valence electrons. The second kappa shape index (κ2) is 5.37. The molecule has 1 rings (SSSR count). The van der Waals surface area contributed by atoms with Crippen molar-refractivity contribution in [1.82, 2.24) is 5.32 Å². The normalized spacial score (nSPS) is 12.2. The molecule has 1 aromatic carbocycles. The Kier molecular flexibility index (Phi) is 4.42. The molecule has 0 saturated carbocycles. The Morgan fingerprint density at radius 3 is 2.79 bits per heavy atom. The number of amides is 1. The summed E-state index contributed by atoms with van der Waals surface area (Å²) < 4.78 is 0. The van der Waals surface area contributed by atoms with Gasteiger partial charge < -0.3 is 5.32 Å². The summed E-state index contributed by atoms with van der Waals surface area (Å²) >= 11 is 9.11. The molecule has 0 spiro atoms. The summed E-state index contributed by atoms with van der Waals surface area (Å²) in [6.07, 6.45) is 0. The van der Waals surface area contributed by atoms with E-state index in [1.54, 1.807) is 13.0 Å². The summed E-state index contributed by atoms with van der Waals surface area (Å²) in [5, 5.41) is 3.44. The van der Waals surface area contributed by atoms with Crippen LogP contribution in [0.4, 0.5) is 0 Å². The van der Waals surface area contributed by atoms with Crippen molar-refractivity contribution in [3.63, 3.8) is 0 Å². The van der Waals surface area contributed by atoms with Crippen LogP contribution in [0.25, 0.3) is 0 Å². The molecule has 0 aliphatic heterocycles. The van der Waals surface area contributed by atoms with Gasteiger partial charge in [0.15, 0.2) is 0 Å². The van der Waals surface area contributed by atoms with E-state index in [1.807, 2.05) is 18.2 Å². The lowest BCUT2D eigenvalue weighted by Crippen LogP contribution is -2.28. The SMILES string of the molecule is CC(Br)C(=O)NCc1ccccc1Cl. The van der Waals surface area contributed by atoms with E-state index in [0.29, 0.717) is 11.6 Å². The lowest BCUT2D eigenvalue weighted by molar-refractivity contribution is -0.120. The largest absolute Gasteiger partial charge is 0.351 e. The van der Waals surface area contributed by atoms with E-state index in [2.05, 4.69) is 21.2 Å². The van der Waals surface area contributed by atoms with Gasteiger partial charge in [0.1, 0.15) is 0 Å². The van der Waals surface area contributed by atoms with E-state index in [9.17, 15) is 4.79 Å². The van der Waals surface area contributed by atoms with Gasteiger partial charge in [-0.05, 0) is 18.6 Å². The Bertz CT molecular complexity index is 328. The van der Waals surface area contributed by atoms with Crippen LogP contribution in [0.3, 0.4) is 0 Å². The Labute approximate surface area is 96.8 Å². The summed E-state index contributed by atoms with van der Waals surface area (Å²) in [4.78, 5) is 11.1. The summed E-state index contributed by atoms with van der Waals surface area (Å²) in [5.41, 5.74) is 0.927. The third-order valence-electron chi connectivity index (χ3n) is 1.77. The summed E-state index contributed by atoms with van der Waals surface area (Å²) in [6, 6.07) is 7.45. The number of halogens is 2. The van der Waals surface area contributed by atoms with Crippen LogP contribution in [-0.2, 0) is 11.3 Å². The lowest BCUT2D eigenvalue weighted by Gasteiger charge is -2.07. The predicted octanol–water partition coefficient (Wildman–Crippen LogP) is 2.74. The Morgan fingerprint density at radius 2 is 2.21 bits per heavy atom. The number of rotatable bonds is 3. The van der Waals surface area contributed by atoms with Gasteiger partial charge in [-0.3, -0.25) is 4.79 Å². The van der Waals surface area contributed by atoms with Crippen molar-refractivity contribution in [1.29, 1.82) is 0 Å². The molecular weight excluding hydrogens is 265 g/mol. The standard InChI is InChI=1S/C10H11BrClNO/c1-7(11)10(14)13-6-8-4-2-3-5-9(8)12/h2-5,7H,6H2,1H3,(H,13,14). The third kappa shape index (κ3) is 3.31. The summed E-state index contributed by atoms with van der Waals surface area (Å²) in [6.45, 7) is 2.25. The van der Waals surface area contributed by atoms with Gasteiger partial charge in [0.2, 0.25) is 5.91 Å². The van der Waals surface area contributed by atoms with Crippen molar-refractivity contribution in [3.05, 3.63) is 34.9 Å². The van der Waals surface area contributed by atoms with Crippen LogP contribution < -0.4 is 5.32 Å². The average Bonchev–Trinajstić information content (AvgIpc) is 2.16. The van der Waals surface area contributed by atoms with Crippen LogP contribution in [0.15, 0.2) is 24.3 Å². The molecule has 0 radical (unpaired) electrons. The second-order valence-corrected chi connectivity index (χ2v) is 4.71. The van der Waals surface area contributed by atoms with E-state index < -0.39 is 0 Å². The van der Waals surface area contributed by atoms with Gasteiger partial charge in [0, 0.05) is 11.6 Å². The first-order valence-corrected chi connectivity index (χ1v) is 5.56. The van der Waals surface area contributed by atoms with Gasteiger partial charge in [-0.15, -0.1) is 0 Å². The maximum atomic E-state index is 11.2. The number of hydrogen-bond donors (Lipinski definition) is 1. The van der Waals surface area contributed by atoms with Crippen LogP contribution in [0.1, 0.15) is 12.5 Å². The van der Waals surface area contributed by atoms with Crippen LogP contribution in [0.2, 0.25) is 5.02 Å². The Hall–Kier alpha value is -0.540. The lowest BCUT2D eigenvalue weighted by atomic mass is 10.2. The minimum Gasteiger partial charge on any atom is -0.351 e. The quantitative estimate of drug-likeness (QED) is 0.845. The molecule has 1 atom stereocenters. The fourth-order valence-corrected chi connectivity index (χ4v) is 1.33. The highest BCUT2D eigenvalue weighted by Crippen LogP contribution is 2.14. The molecule has 0 aliphatic carbocycles. The second-order valence-electron chi connectivity index (χ2n) is 2.93. The van der Waals surface area contributed by atoms with E-state index in [-0.39, 0.29) is 10.7 Å². The first-order valence-electron chi connectivity index (χ1n) is 4.26. The van der Waals surface area contributed by atoms with E-state index in [4.69, 9.17) is 11.6 Å². The summed E-state index contributed by atoms with van der Waals surface area (Å²) in [7, 11) is 0. The molecular formula is C10H11BrClNO. The van der Waals surface area contributed by atoms with Gasteiger partial charge in [0.05, 0.1) is 4.83 Å². The highest BCUT2D eigenvalue weighted by atomic mass is 79.9. The molecule has 1 unspecified atom stereocenters. The zero-order chi connectivity index (χ0) is 10.6. The predicted molar refractivity (Wildman–Crippen MR) is 61.7 cm³/mol. The minimum absolute atomic E-state index is 0.0371. The zero-order valence-corrected chi connectivity index (χ0v) is 10.1. The van der Waals surface area contributed by atoms with Crippen molar-refractivity contribution in [3.8, 4) is 0 Å². The van der Waals surface area contributed by atoms with Crippen LogP contribution >= 0.6 is 27.5 Å². The van der Waals surface area contributed by atoms with E-state index >= 15 is 0 Å². The van der Waals surface area contributed by atoms with Gasteiger partial charge in [-0.25, -0.2) is 0 Å². The van der Waals surface area contributed by atoms with Crippen molar-refractivity contribution in [2.24, 2.45) is 0 Å². The number of hydrogen-bond acceptors (Lipinski definition) is 1. The van der Waals surface area contributed by atoms with Gasteiger partial charge >= 0.3 is 0 Å². The Morgan fingerprint density at radius 1 is 1.57 bits per heavy atom. The van der Waals surface area contributed by atoms with Crippen LogP contribution in [0.5, 0.6) is 0 Å². The molecule has 1 N–H and O–H groups in total. The molecule has 0 heterocycles. The van der Waals surface area contributed by atoms with E-state index in [1.165, 1.54) is 0 Å². The number of carbonyl (C=O) groups is 1. The molecule has 2 nitrogen and oxygen atoms in total. The van der Waals surface area contributed by atoms with Crippen LogP contribution in [0, 0.1) is 0 Å². The van der Waals surface area contributed by atoms with Gasteiger partial charge in [0.25, 0.3) is 0 Å². The maximum absolute atomic E-state index is 11.2. The van der Waals surface area contributed by atoms with Crippen LogP contribution in [-0.4, -0.2) is 10.7 Å². The number of carbonyl (C=O) groups excluding carboxylic acids is 1. The first-order chi connectivity index (χ1) is 6.61. The van der Waals surface area contributed by atoms with Gasteiger partial charge in [-0.2, -0.15) is 0 Å². The highest BCUT2D eigenvalue weighted by molar-refractivity contribution is 9.10. The Balaban J connectivity index is 2.54. The first kappa shape index (κ1) is 11.5. The third-order valence-corrected chi connectivity index (χ3v) is 2.56. The van der Waals surface area contributed by atoms with Crippen molar-refractivity contribution in [2.45, 2.75) is 18.3 Å². The molecule has 14 heavy (non-hydrogen) atoms. The fraction of sp³-hybridized carbons (Fsp3) is 0.300. The molecule has 4 heteroatoms. The molecule has 1 aromatic rings. The number of nitrogens with one attached hydrogen (secondary N) is 1. The average molecular weight is 277 g/mol. The number of benzene rings is 1.